The Morgan fingerprint density at radius 1 is 1.28 bits per heavy atom. The Hall–Kier alpha value is -2.96. The molecule has 0 bridgehead atoms. The fraction of sp³-hybridized carbons (Fsp3) is 0.278. The molecule has 25 heavy (non-hydrogen) atoms. The zero-order chi connectivity index (χ0) is 17.8. The van der Waals surface area contributed by atoms with Crippen molar-refractivity contribution in [1.82, 2.24) is 14.8 Å². The smallest absolute Gasteiger partial charge is 0.258 e. The number of carbonyl (C=O) groups is 2. The normalized spacial score (nSPS) is 14.6. The van der Waals surface area contributed by atoms with Gasteiger partial charge in [0.15, 0.2) is 0 Å². The van der Waals surface area contributed by atoms with Gasteiger partial charge in [0.2, 0.25) is 5.91 Å². The maximum Gasteiger partial charge on any atom is 0.258 e. The molecule has 7 heteroatoms. The molecule has 0 unspecified atom stereocenters. The average molecular weight is 342 g/mol. The lowest BCUT2D eigenvalue weighted by Crippen LogP contribution is -2.51. The number of benzene rings is 1. The third kappa shape index (κ3) is 3.76. The molecular formula is C18H19FN4O2. The highest BCUT2D eigenvalue weighted by molar-refractivity contribution is 6.00. The molecule has 1 aliphatic heterocycles. The minimum absolute atomic E-state index is 0.00615. The Morgan fingerprint density at radius 3 is 2.84 bits per heavy atom. The van der Waals surface area contributed by atoms with Crippen molar-refractivity contribution < 1.29 is 14.0 Å². The lowest BCUT2D eigenvalue weighted by Gasteiger charge is -2.34. The highest BCUT2D eigenvalue weighted by atomic mass is 19.1. The van der Waals surface area contributed by atoms with E-state index >= 15 is 0 Å². The van der Waals surface area contributed by atoms with Crippen LogP contribution in [0.4, 0.5) is 10.2 Å². The summed E-state index contributed by atoms with van der Waals surface area (Å²) >= 11 is 0. The Bertz CT molecular complexity index is 796. The second kappa shape index (κ2) is 7.29. The molecule has 1 saturated heterocycles. The molecule has 1 N–H and O–H groups in total. The Morgan fingerprint density at radius 2 is 2.12 bits per heavy atom. The largest absolute Gasteiger partial charge is 0.372 e. The molecule has 0 spiro atoms. The number of pyridine rings is 1. The summed E-state index contributed by atoms with van der Waals surface area (Å²) in [7, 11) is 1.70. The van der Waals surface area contributed by atoms with E-state index in [2.05, 4.69) is 10.3 Å². The van der Waals surface area contributed by atoms with Crippen LogP contribution in [0.2, 0.25) is 0 Å². The van der Waals surface area contributed by atoms with Crippen LogP contribution in [0.15, 0.2) is 42.6 Å². The molecule has 1 aliphatic rings. The highest BCUT2D eigenvalue weighted by Crippen LogP contribution is 2.17. The van der Waals surface area contributed by atoms with Gasteiger partial charge in [0.1, 0.15) is 18.2 Å². The van der Waals surface area contributed by atoms with Crippen LogP contribution in [0.5, 0.6) is 0 Å². The fourth-order valence-electron chi connectivity index (χ4n) is 2.85. The first-order valence-electron chi connectivity index (χ1n) is 8.02. The molecule has 1 aromatic heterocycles. The number of carbonyl (C=O) groups excluding carboxylic acids is 2. The lowest BCUT2D eigenvalue weighted by atomic mass is 10.1. The summed E-state index contributed by atoms with van der Waals surface area (Å²) < 4.78 is 13.3. The first-order chi connectivity index (χ1) is 12.1. The number of aromatic nitrogens is 1. The van der Waals surface area contributed by atoms with E-state index in [-0.39, 0.29) is 24.2 Å². The molecular weight excluding hydrogens is 323 g/mol. The predicted octanol–water partition coefficient (Wildman–Crippen LogP) is 1.75. The van der Waals surface area contributed by atoms with Crippen LogP contribution in [0.1, 0.15) is 15.9 Å². The number of nitrogens with zero attached hydrogens (tertiary/aromatic N) is 3. The van der Waals surface area contributed by atoms with Gasteiger partial charge in [0, 0.05) is 32.9 Å². The van der Waals surface area contributed by atoms with E-state index in [0.717, 1.165) is 5.56 Å². The van der Waals surface area contributed by atoms with Crippen molar-refractivity contribution in [2.75, 3.05) is 32.0 Å². The van der Waals surface area contributed by atoms with E-state index in [1.54, 1.807) is 42.4 Å². The van der Waals surface area contributed by atoms with E-state index in [1.807, 2.05) is 0 Å². The summed E-state index contributed by atoms with van der Waals surface area (Å²) in [5.41, 5.74) is 1.18. The number of anilines is 1. The van der Waals surface area contributed by atoms with E-state index in [1.165, 1.54) is 17.0 Å². The maximum atomic E-state index is 13.3. The molecule has 3 rings (SSSR count). The zero-order valence-electron chi connectivity index (χ0n) is 13.9. The van der Waals surface area contributed by atoms with Gasteiger partial charge in [0.05, 0.1) is 5.56 Å². The van der Waals surface area contributed by atoms with Crippen LogP contribution in [-0.2, 0) is 11.3 Å². The van der Waals surface area contributed by atoms with Gasteiger partial charge in [-0.25, -0.2) is 9.37 Å². The Balaban J connectivity index is 1.67. The Labute approximate surface area is 145 Å². The van der Waals surface area contributed by atoms with Gasteiger partial charge < -0.3 is 15.1 Å². The molecule has 130 valence electrons. The second-order valence-electron chi connectivity index (χ2n) is 5.82. The minimum atomic E-state index is -0.324. The first-order valence-corrected chi connectivity index (χ1v) is 8.02. The van der Waals surface area contributed by atoms with Gasteiger partial charge in [-0.15, -0.1) is 0 Å². The van der Waals surface area contributed by atoms with Gasteiger partial charge in [-0.1, -0.05) is 12.1 Å². The second-order valence-corrected chi connectivity index (χ2v) is 5.82. The highest BCUT2D eigenvalue weighted by Gasteiger charge is 2.28. The van der Waals surface area contributed by atoms with E-state index in [0.29, 0.717) is 31.0 Å². The summed E-state index contributed by atoms with van der Waals surface area (Å²) in [6.07, 6.45) is 1.60. The number of hydrogen-bond donors (Lipinski definition) is 1. The minimum Gasteiger partial charge on any atom is -0.372 e. The molecule has 2 aromatic rings. The van der Waals surface area contributed by atoms with Crippen molar-refractivity contribution in [3.05, 3.63) is 59.5 Å². The van der Waals surface area contributed by atoms with Gasteiger partial charge in [0.25, 0.3) is 5.91 Å². The third-order valence-electron chi connectivity index (χ3n) is 4.14. The van der Waals surface area contributed by atoms with Crippen LogP contribution < -0.4 is 5.32 Å². The van der Waals surface area contributed by atoms with Crippen LogP contribution in [0.3, 0.4) is 0 Å². The summed E-state index contributed by atoms with van der Waals surface area (Å²) in [4.78, 5) is 32.3. The van der Waals surface area contributed by atoms with Crippen molar-refractivity contribution >= 4 is 17.6 Å². The third-order valence-corrected chi connectivity index (χ3v) is 4.14. The molecule has 1 fully saturated rings. The SMILES string of the molecule is CNc1ncccc1C(=O)N1CCN(Cc2cccc(F)c2)C(=O)C1. The predicted molar refractivity (Wildman–Crippen MR) is 91.5 cm³/mol. The van der Waals surface area contributed by atoms with E-state index in [4.69, 9.17) is 0 Å². The van der Waals surface area contributed by atoms with E-state index < -0.39 is 0 Å². The first kappa shape index (κ1) is 16.9. The number of halogens is 1. The molecule has 0 saturated carbocycles. The lowest BCUT2D eigenvalue weighted by molar-refractivity contribution is -0.135. The number of piperazine rings is 1. The van der Waals surface area contributed by atoms with Crippen LogP contribution in [0.25, 0.3) is 0 Å². The standard InChI is InChI=1S/C18H19FN4O2/c1-20-17-15(6-3-7-21-17)18(25)23-9-8-22(16(24)12-23)11-13-4-2-5-14(19)10-13/h2-7,10H,8-9,11-12H2,1H3,(H,20,21). The molecule has 0 atom stereocenters. The summed E-state index contributed by atoms with van der Waals surface area (Å²) in [6.45, 7) is 1.19. The molecule has 0 aliphatic carbocycles. The quantitative estimate of drug-likeness (QED) is 0.919. The number of rotatable bonds is 4. The average Bonchev–Trinajstić information content (AvgIpc) is 2.63. The summed E-state index contributed by atoms with van der Waals surface area (Å²) in [6, 6.07) is 9.56. The summed E-state index contributed by atoms with van der Waals surface area (Å²) in [5.74, 6) is -0.216. The zero-order valence-corrected chi connectivity index (χ0v) is 13.9. The van der Waals surface area contributed by atoms with Crippen molar-refractivity contribution in [3.63, 3.8) is 0 Å². The molecule has 6 nitrogen and oxygen atoms in total. The van der Waals surface area contributed by atoms with Crippen LogP contribution in [-0.4, -0.2) is 53.3 Å². The van der Waals surface area contributed by atoms with Crippen LogP contribution in [0, 0.1) is 5.82 Å². The van der Waals surface area contributed by atoms with Crippen LogP contribution >= 0.6 is 0 Å². The summed E-state index contributed by atoms with van der Waals surface area (Å²) in [5, 5.41) is 2.88. The van der Waals surface area contributed by atoms with Crippen molar-refractivity contribution in [2.24, 2.45) is 0 Å². The van der Waals surface area contributed by atoms with Gasteiger partial charge >= 0.3 is 0 Å². The van der Waals surface area contributed by atoms with Gasteiger partial charge in [-0.3, -0.25) is 9.59 Å². The Kier molecular flexibility index (Phi) is 4.92. The molecule has 0 radical (unpaired) electrons. The van der Waals surface area contributed by atoms with Crippen molar-refractivity contribution in [2.45, 2.75) is 6.54 Å². The number of amides is 2. The van der Waals surface area contributed by atoms with Crippen molar-refractivity contribution in [1.29, 1.82) is 0 Å². The number of nitrogens with one attached hydrogen (secondary N) is 1. The van der Waals surface area contributed by atoms with Gasteiger partial charge in [-0.2, -0.15) is 0 Å². The number of hydrogen-bond acceptors (Lipinski definition) is 4. The van der Waals surface area contributed by atoms with Gasteiger partial charge in [-0.05, 0) is 29.8 Å². The van der Waals surface area contributed by atoms with Crippen molar-refractivity contribution in [3.8, 4) is 0 Å². The monoisotopic (exact) mass is 342 g/mol. The maximum absolute atomic E-state index is 13.3. The van der Waals surface area contributed by atoms with E-state index in [9.17, 15) is 14.0 Å². The topological polar surface area (TPSA) is 65.5 Å². The molecule has 2 heterocycles. The fourth-order valence-corrected chi connectivity index (χ4v) is 2.85. The molecule has 2 amide bonds. The molecule has 1 aromatic carbocycles.